The monoisotopic (exact) mass is 400 g/mol. The minimum atomic E-state index is -0.274. The summed E-state index contributed by atoms with van der Waals surface area (Å²) in [5.74, 6) is 0.728. The molecule has 156 valence electrons. The third-order valence-corrected chi connectivity index (χ3v) is 4.47. The van der Waals surface area contributed by atoms with Gasteiger partial charge in [0.15, 0.2) is 11.7 Å². The van der Waals surface area contributed by atoms with Gasteiger partial charge in [-0.2, -0.15) is 0 Å². The molecule has 0 aliphatic carbocycles. The van der Waals surface area contributed by atoms with Crippen LogP contribution in [0.5, 0.6) is 0 Å². The van der Waals surface area contributed by atoms with Gasteiger partial charge in [0.1, 0.15) is 0 Å². The number of carbonyl (C=O) groups is 1. The van der Waals surface area contributed by atoms with Crippen LogP contribution in [-0.2, 0) is 16.0 Å². The molecule has 1 fully saturated rings. The van der Waals surface area contributed by atoms with Crippen LogP contribution in [-0.4, -0.2) is 51.4 Å². The third-order valence-electron chi connectivity index (χ3n) is 4.47. The number of rotatable bonds is 9. The maximum absolute atomic E-state index is 12.1. The van der Waals surface area contributed by atoms with Crippen molar-refractivity contribution < 1.29 is 18.7 Å². The molecular weight excluding hydrogens is 372 g/mol. The summed E-state index contributed by atoms with van der Waals surface area (Å²) in [5, 5.41) is 9.38. The second kappa shape index (κ2) is 11.2. The maximum Gasteiger partial charge on any atom is 0.291 e. The van der Waals surface area contributed by atoms with Crippen molar-refractivity contribution in [1.29, 1.82) is 0 Å². The second-order valence-electron chi connectivity index (χ2n) is 6.69. The summed E-state index contributed by atoms with van der Waals surface area (Å²) >= 11 is 0. The van der Waals surface area contributed by atoms with Crippen LogP contribution >= 0.6 is 0 Å². The summed E-state index contributed by atoms with van der Waals surface area (Å²) in [4.78, 5) is 16.3. The lowest BCUT2D eigenvalue weighted by Gasteiger charge is -2.13. The van der Waals surface area contributed by atoms with Gasteiger partial charge in [-0.1, -0.05) is 12.1 Å². The first kappa shape index (κ1) is 20.9. The van der Waals surface area contributed by atoms with Gasteiger partial charge in [0.05, 0.1) is 19.0 Å². The van der Waals surface area contributed by atoms with Crippen LogP contribution in [0, 0.1) is 0 Å². The molecule has 0 spiro atoms. The number of hydrogen-bond acceptors (Lipinski definition) is 5. The first-order valence-corrected chi connectivity index (χ1v) is 9.82. The third kappa shape index (κ3) is 6.92. The Bertz CT molecular complexity index is 786. The number of benzene rings is 1. The van der Waals surface area contributed by atoms with Gasteiger partial charge in [0.2, 0.25) is 0 Å². The van der Waals surface area contributed by atoms with Crippen molar-refractivity contribution in [2.24, 2.45) is 4.99 Å². The lowest BCUT2D eigenvalue weighted by molar-refractivity contribution is 0.0420. The van der Waals surface area contributed by atoms with E-state index in [0.29, 0.717) is 25.4 Å². The van der Waals surface area contributed by atoms with E-state index >= 15 is 0 Å². The van der Waals surface area contributed by atoms with Gasteiger partial charge >= 0.3 is 0 Å². The Morgan fingerprint density at radius 1 is 1.28 bits per heavy atom. The summed E-state index contributed by atoms with van der Waals surface area (Å²) in [6.45, 7) is 3.56. The zero-order chi connectivity index (χ0) is 20.3. The SMILES string of the molecule is CN=C(NCCCOC1CCOC1)NCc1cccc(NC(=O)c2ccco2)c1. The molecule has 0 radical (unpaired) electrons. The Balaban J connectivity index is 1.38. The highest BCUT2D eigenvalue weighted by Crippen LogP contribution is 2.13. The molecule has 1 aliphatic heterocycles. The zero-order valence-corrected chi connectivity index (χ0v) is 16.6. The second-order valence-corrected chi connectivity index (χ2v) is 6.69. The zero-order valence-electron chi connectivity index (χ0n) is 16.6. The molecule has 1 aromatic heterocycles. The lowest BCUT2D eigenvalue weighted by Crippen LogP contribution is -2.37. The van der Waals surface area contributed by atoms with E-state index in [4.69, 9.17) is 13.9 Å². The first-order valence-electron chi connectivity index (χ1n) is 9.82. The normalized spacial score (nSPS) is 16.6. The summed E-state index contributed by atoms with van der Waals surface area (Å²) in [7, 11) is 1.74. The van der Waals surface area contributed by atoms with Gasteiger partial charge in [-0.15, -0.1) is 0 Å². The van der Waals surface area contributed by atoms with E-state index in [-0.39, 0.29) is 17.8 Å². The highest BCUT2D eigenvalue weighted by Gasteiger charge is 2.15. The van der Waals surface area contributed by atoms with Crippen LogP contribution < -0.4 is 16.0 Å². The van der Waals surface area contributed by atoms with Crippen molar-refractivity contribution in [3.8, 4) is 0 Å². The molecule has 8 nitrogen and oxygen atoms in total. The quantitative estimate of drug-likeness (QED) is 0.340. The van der Waals surface area contributed by atoms with Gasteiger partial charge < -0.3 is 29.8 Å². The van der Waals surface area contributed by atoms with E-state index < -0.39 is 0 Å². The molecule has 1 aliphatic rings. The number of hydrogen-bond donors (Lipinski definition) is 3. The number of furan rings is 1. The van der Waals surface area contributed by atoms with Gasteiger partial charge in [-0.05, 0) is 42.7 Å². The minimum Gasteiger partial charge on any atom is -0.459 e. The van der Waals surface area contributed by atoms with Gasteiger partial charge in [-0.25, -0.2) is 0 Å². The van der Waals surface area contributed by atoms with Crippen molar-refractivity contribution >= 4 is 17.6 Å². The number of amides is 1. The standard InChI is InChI=1S/C21H28N4O4/c1-22-21(23-9-4-11-28-18-8-12-27-15-18)24-14-16-5-2-6-17(13-16)25-20(26)19-7-3-10-29-19/h2-3,5-7,10,13,18H,4,8-9,11-12,14-15H2,1H3,(H,25,26)(H2,22,23,24). The molecule has 1 amide bonds. The van der Waals surface area contributed by atoms with E-state index in [2.05, 4.69) is 20.9 Å². The summed E-state index contributed by atoms with van der Waals surface area (Å²) < 4.78 is 16.2. The molecule has 8 heteroatoms. The molecule has 1 unspecified atom stereocenters. The Morgan fingerprint density at radius 2 is 2.21 bits per heavy atom. The van der Waals surface area contributed by atoms with Crippen molar-refractivity contribution in [3.05, 3.63) is 54.0 Å². The van der Waals surface area contributed by atoms with Gasteiger partial charge in [0, 0.05) is 39.0 Å². The Hall–Kier alpha value is -2.84. The van der Waals surface area contributed by atoms with Crippen molar-refractivity contribution in [1.82, 2.24) is 10.6 Å². The molecule has 3 N–H and O–H groups in total. The van der Waals surface area contributed by atoms with Crippen LogP contribution in [0.25, 0.3) is 0 Å². The molecule has 1 saturated heterocycles. The fraction of sp³-hybridized carbons (Fsp3) is 0.429. The predicted molar refractivity (Wildman–Crippen MR) is 111 cm³/mol. The minimum absolute atomic E-state index is 0.244. The number of anilines is 1. The smallest absolute Gasteiger partial charge is 0.291 e. The number of carbonyl (C=O) groups excluding carboxylic acids is 1. The number of nitrogens with zero attached hydrogens (tertiary/aromatic N) is 1. The summed E-state index contributed by atoms with van der Waals surface area (Å²) in [5.41, 5.74) is 1.73. The molecule has 0 saturated carbocycles. The van der Waals surface area contributed by atoms with Gasteiger partial charge in [0.25, 0.3) is 5.91 Å². The van der Waals surface area contributed by atoms with Crippen LogP contribution in [0.15, 0.2) is 52.1 Å². The first-order chi connectivity index (χ1) is 14.2. The van der Waals surface area contributed by atoms with E-state index in [9.17, 15) is 4.79 Å². The average molecular weight is 400 g/mol. The largest absolute Gasteiger partial charge is 0.459 e. The molecule has 3 rings (SSSR count). The Morgan fingerprint density at radius 3 is 2.97 bits per heavy atom. The summed E-state index contributed by atoms with van der Waals surface area (Å²) in [6, 6.07) is 11.0. The number of aliphatic imine (C=N–C) groups is 1. The van der Waals surface area contributed by atoms with Crippen molar-refractivity contribution in [3.63, 3.8) is 0 Å². The fourth-order valence-corrected chi connectivity index (χ4v) is 2.94. The summed E-state index contributed by atoms with van der Waals surface area (Å²) in [6.07, 6.45) is 3.60. The molecule has 0 bridgehead atoms. The van der Waals surface area contributed by atoms with Crippen LogP contribution in [0.4, 0.5) is 5.69 Å². The van der Waals surface area contributed by atoms with Crippen LogP contribution in [0.2, 0.25) is 0 Å². The Labute approximate surface area is 170 Å². The predicted octanol–water partition coefficient (Wildman–Crippen LogP) is 2.39. The van der Waals surface area contributed by atoms with Crippen LogP contribution in [0.1, 0.15) is 29.0 Å². The number of guanidine groups is 1. The van der Waals surface area contributed by atoms with Gasteiger partial charge in [-0.3, -0.25) is 9.79 Å². The Kier molecular flexibility index (Phi) is 8.09. The fourth-order valence-electron chi connectivity index (χ4n) is 2.94. The molecule has 1 atom stereocenters. The average Bonchev–Trinajstić information content (AvgIpc) is 3.44. The highest BCUT2D eigenvalue weighted by atomic mass is 16.5. The number of ether oxygens (including phenoxy) is 2. The maximum atomic E-state index is 12.1. The molecule has 2 heterocycles. The lowest BCUT2D eigenvalue weighted by atomic mass is 10.2. The van der Waals surface area contributed by atoms with E-state index in [1.165, 1.54) is 6.26 Å². The molecule has 1 aromatic carbocycles. The van der Waals surface area contributed by atoms with E-state index in [1.54, 1.807) is 19.2 Å². The van der Waals surface area contributed by atoms with E-state index in [1.807, 2.05) is 24.3 Å². The molecule has 2 aromatic rings. The topological polar surface area (TPSA) is 97.1 Å². The molecular formula is C21H28N4O4. The van der Waals surface area contributed by atoms with Crippen molar-refractivity contribution in [2.75, 3.05) is 38.7 Å². The highest BCUT2D eigenvalue weighted by molar-refractivity contribution is 6.02. The number of nitrogens with one attached hydrogen (secondary N) is 3. The van der Waals surface area contributed by atoms with Crippen molar-refractivity contribution in [2.45, 2.75) is 25.5 Å². The molecule has 29 heavy (non-hydrogen) atoms. The van der Waals surface area contributed by atoms with E-state index in [0.717, 1.165) is 37.5 Å². The van der Waals surface area contributed by atoms with Crippen LogP contribution in [0.3, 0.4) is 0 Å².